The largest absolute Gasteiger partial charge is 0.352 e. The molecule has 4 heteroatoms. The Kier molecular flexibility index (Phi) is 5.99. The minimum Gasteiger partial charge on any atom is -0.352 e. The van der Waals surface area contributed by atoms with Crippen LogP contribution in [-0.2, 0) is 4.79 Å². The van der Waals surface area contributed by atoms with Gasteiger partial charge >= 0.3 is 0 Å². The van der Waals surface area contributed by atoms with E-state index in [-0.39, 0.29) is 11.9 Å². The third-order valence-electron chi connectivity index (χ3n) is 3.57. The standard InChI is InChI=1S/C13H23N3O/c1-11(16(2)10-6-9-14)13(17)15-12-7-4-3-5-8-12/h11-12H,3-8,10H2,1-2H3,(H,15,17). The van der Waals surface area contributed by atoms with Gasteiger partial charge in [-0.15, -0.1) is 0 Å². The van der Waals surface area contributed by atoms with Gasteiger partial charge in [0, 0.05) is 19.0 Å². The first-order chi connectivity index (χ1) is 8.15. The first kappa shape index (κ1) is 14.0. The lowest BCUT2D eigenvalue weighted by atomic mass is 9.95. The van der Waals surface area contributed by atoms with Crippen LogP contribution in [0.1, 0.15) is 45.4 Å². The maximum atomic E-state index is 12.0. The van der Waals surface area contributed by atoms with Crippen molar-refractivity contribution in [3.63, 3.8) is 0 Å². The first-order valence-electron chi connectivity index (χ1n) is 6.52. The zero-order valence-corrected chi connectivity index (χ0v) is 10.9. The number of likely N-dealkylation sites (N-methyl/N-ethyl adjacent to an activating group) is 1. The van der Waals surface area contributed by atoms with Crippen molar-refractivity contribution in [3.05, 3.63) is 0 Å². The van der Waals surface area contributed by atoms with Gasteiger partial charge in [0.25, 0.3) is 0 Å². The molecule has 1 fully saturated rings. The summed E-state index contributed by atoms with van der Waals surface area (Å²) in [6.45, 7) is 2.55. The lowest BCUT2D eigenvalue weighted by Gasteiger charge is -2.27. The second-order valence-electron chi connectivity index (χ2n) is 4.91. The molecule has 1 unspecified atom stereocenters. The fourth-order valence-corrected chi connectivity index (χ4v) is 2.19. The Morgan fingerprint density at radius 3 is 2.71 bits per heavy atom. The number of carbonyl (C=O) groups is 1. The van der Waals surface area contributed by atoms with Crippen molar-refractivity contribution in [2.45, 2.75) is 57.5 Å². The van der Waals surface area contributed by atoms with E-state index >= 15 is 0 Å². The third kappa shape index (κ3) is 4.74. The first-order valence-corrected chi connectivity index (χ1v) is 6.52. The monoisotopic (exact) mass is 237 g/mol. The molecule has 0 spiro atoms. The molecule has 0 aliphatic heterocycles. The van der Waals surface area contributed by atoms with Crippen LogP contribution in [0.4, 0.5) is 0 Å². The van der Waals surface area contributed by atoms with Crippen LogP contribution in [0.3, 0.4) is 0 Å². The summed E-state index contributed by atoms with van der Waals surface area (Å²) in [7, 11) is 1.89. The molecule has 1 atom stereocenters. The molecule has 96 valence electrons. The molecule has 0 saturated heterocycles. The summed E-state index contributed by atoms with van der Waals surface area (Å²) in [6, 6.07) is 2.32. The number of nitriles is 1. The van der Waals surface area contributed by atoms with Crippen LogP contribution in [-0.4, -0.2) is 36.5 Å². The van der Waals surface area contributed by atoms with E-state index < -0.39 is 0 Å². The smallest absolute Gasteiger partial charge is 0.237 e. The van der Waals surface area contributed by atoms with Crippen LogP contribution in [0.5, 0.6) is 0 Å². The molecule has 0 bridgehead atoms. The van der Waals surface area contributed by atoms with Crippen LogP contribution in [0.25, 0.3) is 0 Å². The summed E-state index contributed by atoms with van der Waals surface area (Å²) in [5.74, 6) is 0.0948. The Morgan fingerprint density at radius 1 is 1.47 bits per heavy atom. The van der Waals surface area contributed by atoms with E-state index in [2.05, 4.69) is 11.4 Å². The average molecular weight is 237 g/mol. The average Bonchev–Trinajstić information content (AvgIpc) is 2.36. The van der Waals surface area contributed by atoms with Crippen molar-refractivity contribution >= 4 is 5.91 Å². The van der Waals surface area contributed by atoms with E-state index in [0.29, 0.717) is 19.0 Å². The molecular formula is C13H23N3O. The molecule has 1 saturated carbocycles. The molecule has 1 rings (SSSR count). The molecule has 1 amide bonds. The summed E-state index contributed by atoms with van der Waals surface area (Å²) in [4.78, 5) is 13.9. The van der Waals surface area contributed by atoms with Crippen LogP contribution in [0.15, 0.2) is 0 Å². The van der Waals surface area contributed by atoms with Crippen molar-refractivity contribution in [2.75, 3.05) is 13.6 Å². The molecule has 0 aromatic rings. The van der Waals surface area contributed by atoms with Gasteiger partial charge in [0.2, 0.25) is 5.91 Å². The highest BCUT2D eigenvalue weighted by molar-refractivity contribution is 5.81. The number of nitrogens with one attached hydrogen (secondary N) is 1. The summed E-state index contributed by atoms with van der Waals surface area (Å²) in [5, 5.41) is 11.6. The predicted molar refractivity (Wildman–Crippen MR) is 67.3 cm³/mol. The van der Waals surface area contributed by atoms with E-state index in [9.17, 15) is 4.79 Å². The van der Waals surface area contributed by atoms with E-state index in [4.69, 9.17) is 5.26 Å². The van der Waals surface area contributed by atoms with Crippen LogP contribution in [0, 0.1) is 11.3 Å². The van der Waals surface area contributed by atoms with Gasteiger partial charge in [-0.3, -0.25) is 9.69 Å². The maximum absolute atomic E-state index is 12.0. The molecule has 1 aliphatic carbocycles. The van der Waals surface area contributed by atoms with Crippen molar-refractivity contribution in [3.8, 4) is 6.07 Å². The van der Waals surface area contributed by atoms with Crippen molar-refractivity contribution < 1.29 is 4.79 Å². The summed E-state index contributed by atoms with van der Waals surface area (Å²) in [5.41, 5.74) is 0. The fourth-order valence-electron chi connectivity index (χ4n) is 2.19. The van der Waals surface area contributed by atoms with Gasteiger partial charge in [0.15, 0.2) is 0 Å². The van der Waals surface area contributed by atoms with E-state index in [1.54, 1.807) is 0 Å². The fraction of sp³-hybridized carbons (Fsp3) is 0.846. The van der Waals surface area contributed by atoms with Gasteiger partial charge in [-0.1, -0.05) is 19.3 Å². The molecule has 0 aromatic heterocycles. The highest BCUT2D eigenvalue weighted by atomic mass is 16.2. The van der Waals surface area contributed by atoms with Gasteiger partial charge in [-0.2, -0.15) is 5.26 Å². The molecule has 0 aromatic carbocycles. The van der Waals surface area contributed by atoms with Gasteiger partial charge in [0.05, 0.1) is 12.1 Å². The normalized spacial score (nSPS) is 18.7. The minimum absolute atomic E-state index is 0.0948. The molecule has 1 N–H and O–H groups in total. The van der Waals surface area contributed by atoms with Gasteiger partial charge in [0.1, 0.15) is 0 Å². The molecular weight excluding hydrogens is 214 g/mol. The number of amides is 1. The molecule has 1 aliphatic rings. The van der Waals surface area contributed by atoms with Crippen LogP contribution < -0.4 is 5.32 Å². The van der Waals surface area contributed by atoms with Gasteiger partial charge in [-0.25, -0.2) is 0 Å². The number of hydrogen-bond donors (Lipinski definition) is 1. The van der Waals surface area contributed by atoms with E-state index in [1.165, 1.54) is 19.3 Å². The Morgan fingerprint density at radius 2 is 2.12 bits per heavy atom. The topological polar surface area (TPSA) is 56.1 Å². The highest BCUT2D eigenvalue weighted by Gasteiger charge is 2.21. The quantitative estimate of drug-likeness (QED) is 0.791. The second-order valence-corrected chi connectivity index (χ2v) is 4.91. The van der Waals surface area contributed by atoms with Crippen molar-refractivity contribution in [2.24, 2.45) is 0 Å². The maximum Gasteiger partial charge on any atom is 0.237 e. The Labute approximate surface area is 104 Å². The molecule has 4 nitrogen and oxygen atoms in total. The summed E-state index contributed by atoms with van der Waals surface area (Å²) in [6.07, 6.45) is 6.44. The van der Waals surface area contributed by atoms with E-state index in [1.807, 2.05) is 18.9 Å². The summed E-state index contributed by atoms with van der Waals surface area (Å²) < 4.78 is 0. The Bertz CT molecular complexity index is 279. The van der Waals surface area contributed by atoms with Crippen LogP contribution in [0.2, 0.25) is 0 Å². The molecule has 0 heterocycles. The zero-order valence-electron chi connectivity index (χ0n) is 10.9. The molecule has 17 heavy (non-hydrogen) atoms. The highest BCUT2D eigenvalue weighted by Crippen LogP contribution is 2.17. The van der Waals surface area contributed by atoms with Crippen molar-refractivity contribution in [1.29, 1.82) is 5.26 Å². The lowest BCUT2D eigenvalue weighted by molar-refractivity contribution is -0.126. The molecule has 0 radical (unpaired) electrons. The Balaban J connectivity index is 2.32. The Hall–Kier alpha value is -1.08. The van der Waals surface area contributed by atoms with Gasteiger partial charge < -0.3 is 5.32 Å². The van der Waals surface area contributed by atoms with Crippen LogP contribution >= 0.6 is 0 Å². The number of nitrogens with zero attached hydrogens (tertiary/aromatic N) is 2. The minimum atomic E-state index is -0.148. The second kappa shape index (κ2) is 7.29. The number of rotatable bonds is 5. The predicted octanol–water partition coefficient (Wildman–Crippen LogP) is 1.67. The number of hydrogen-bond acceptors (Lipinski definition) is 3. The number of carbonyl (C=O) groups excluding carboxylic acids is 1. The van der Waals surface area contributed by atoms with Gasteiger partial charge in [-0.05, 0) is 26.8 Å². The lowest BCUT2D eigenvalue weighted by Crippen LogP contribution is -2.47. The van der Waals surface area contributed by atoms with E-state index in [0.717, 1.165) is 12.8 Å². The SMILES string of the molecule is CC(C(=O)NC1CCCCC1)N(C)CCC#N. The summed E-state index contributed by atoms with van der Waals surface area (Å²) >= 11 is 0. The zero-order chi connectivity index (χ0) is 12.7. The third-order valence-corrected chi connectivity index (χ3v) is 3.57. The van der Waals surface area contributed by atoms with Crippen molar-refractivity contribution in [1.82, 2.24) is 10.2 Å².